The van der Waals surface area contributed by atoms with E-state index in [9.17, 15) is 26.7 Å². The Labute approximate surface area is 181 Å². The van der Waals surface area contributed by atoms with Crippen molar-refractivity contribution in [3.8, 4) is 0 Å². The molecule has 2 aromatic carbocycles. The summed E-state index contributed by atoms with van der Waals surface area (Å²) < 4.78 is 65.0. The van der Waals surface area contributed by atoms with Gasteiger partial charge in [-0.25, -0.2) is 13.8 Å². The van der Waals surface area contributed by atoms with E-state index in [0.717, 1.165) is 17.7 Å². The van der Waals surface area contributed by atoms with Gasteiger partial charge in [-0.05, 0) is 53.4 Å². The van der Waals surface area contributed by atoms with Crippen LogP contribution in [0.3, 0.4) is 0 Å². The summed E-state index contributed by atoms with van der Waals surface area (Å²) in [4.78, 5) is 16.8. The molecule has 0 aliphatic heterocycles. The molecule has 3 rings (SSSR count). The van der Waals surface area contributed by atoms with Crippen LogP contribution in [0, 0.1) is 11.6 Å². The van der Waals surface area contributed by atoms with Crippen LogP contribution in [0.1, 0.15) is 46.8 Å². The lowest BCUT2D eigenvalue weighted by molar-refractivity contribution is -0.139. The average molecular weight is 449 g/mol. The van der Waals surface area contributed by atoms with Gasteiger partial charge in [-0.3, -0.25) is 4.79 Å². The fraction of sp³-hybridized carbons (Fsp3) is 0.217. The van der Waals surface area contributed by atoms with Crippen molar-refractivity contribution in [1.29, 1.82) is 0 Å². The van der Waals surface area contributed by atoms with E-state index in [-0.39, 0.29) is 35.7 Å². The van der Waals surface area contributed by atoms with Gasteiger partial charge in [0.05, 0.1) is 11.1 Å². The van der Waals surface area contributed by atoms with E-state index in [1.807, 2.05) is 13.8 Å². The Morgan fingerprint density at radius 1 is 1.03 bits per heavy atom. The van der Waals surface area contributed by atoms with Crippen molar-refractivity contribution in [2.75, 3.05) is 5.32 Å². The third-order valence-electron chi connectivity index (χ3n) is 4.72. The van der Waals surface area contributed by atoms with Gasteiger partial charge >= 0.3 is 6.18 Å². The van der Waals surface area contributed by atoms with Crippen LogP contribution in [0.15, 0.2) is 54.7 Å². The smallest absolute Gasteiger partial charge is 0.348 e. The van der Waals surface area contributed by atoms with Crippen molar-refractivity contribution < 1.29 is 26.7 Å². The van der Waals surface area contributed by atoms with E-state index >= 15 is 0 Å². The van der Waals surface area contributed by atoms with Crippen LogP contribution >= 0.6 is 0 Å². The predicted molar refractivity (Wildman–Crippen MR) is 111 cm³/mol. The number of nitrogens with zero attached hydrogens (tertiary/aromatic N) is 1. The minimum Gasteiger partial charge on any atom is -0.348 e. The lowest BCUT2D eigenvalue weighted by Gasteiger charge is -2.15. The summed E-state index contributed by atoms with van der Waals surface area (Å²) >= 11 is 0. The Hall–Kier alpha value is -3.49. The fourth-order valence-corrected chi connectivity index (χ4v) is 3.06. The van der Waals surface area contributed by atoms with Crippen molar-refractivity contribution in [2.45, 2.75) is 32.5 Å². The zero-order chi connectivity index (χ0) is 23.5. The number of hydrogen-bond donors (Lipinski definition) is 2. The van der Waals surface area contributed by atoms with Crippen molar-refractivity contribution in [3.63, 3.8) is 0 Å². The molecule has 2 N–H and O–H groups in total. The summed E-state index contributed by atoms with van der Waals surface area (Å²) in [5.74, 6) is -1.97. The van der Waals surface area contributed by atoms with Crippen molar-refractivity contribution >= 4 is 17.4 Å². The molecule has 168 valence electrons. The van der Waals surface area contributed by atoms with Gasteiger partial charge in [0.25, 0.3) is 5.91 Å². The molecule has 0 aliphatic rings. The highest BCUT2D eigenvalue weighted by Crippen LogP contribution is 2.33. The van der Waals surface area contributed by atoms with Crippen LogP contribution < -0.4 is 10.6 Å². The lowest BCUT2D eigenvalue weighted by atomic mass is 9.98. The van der Waals surface area contributed by atoms with Crippen LogP contribution in [-0.4, -0.2) is 10.9 Å². The number of halogens is 5. The number of carbonyl (C=O) groups excluding carboxylic acids is 1. The second kappa shape index (κ2) is 9.33. The molecule has 0 unspecified atom stereocenters. The van der Waals surface area contributed by atoms with Gasteiger partial charge in [0, 0.05) is 18.4 Å². The van der Waals surface area contributed by atoms with Gasteiger partial charge in [-0.2, -0.15) is 13.2 Å². The first kappa shape index (κ1) is 23.2. The molecule has 0 spiro atoms. The number of benzene rings is 2. The van der Waals surface area contributed by atoms with Crippen LogP contribution in [0.5, 0.6) is 0 Å². The molecule has 3 aromatic rings. The topological polar surface area (TPSA) is 54.0 Å². The fourth-order valence-electron chi connectivity index (χ4n) is 3.06. The minimum absolute atomic E-state index is 0.0746. The molecule has 9 heteroatoms. The van der Waals surface area contributed by atoms with Gasteiger partial charge < -0.3 is 10.6 Å². The normalized spacial score (nSPS) is 11.5. The molecule has 1 amide bonds. The number of rotatable bonds is 6. The Bertz CT molecular complexity index is 1110. The van der Waals surface area contributed by atoms with Gasteiger partial charge in [0.1, 0.15) is 17.5 Å². The molecule has 0 bridgehead atoms. The Kier molecular flexibility index (Phi) is 6.76. The summed E-state index contributed by atoms with van der Waals surface area (Å²) in [6.45, 7) is 3.93. The predicted octanol–water partition coefficient (Wildman–Crippen LogP) is 6.18. The highest BCUT2D eigenvalue weighted by molar-refractivity contribution is 5.95. The lowest BCUT2D eigenvalue weighted by Crippen LogP contribution is -2.24. The molecule has 0 saturated carbocycles. The van der Waals surface area contributed by atoms with Crippen molar-refractivity contribution in [2.24, 2.45) is 0 Å². The van der Waals surface area contributed by atoms with Crippen LogP contribution in [0.25, 0.3) is 0 Å². The summed E-state index contributed by atoms with van der Waals surface area (Å²) in [6, 6.07) is 9.81. The molecule has 4 nitrogen and oxygen atoms in total. The number of alkyl halides is 3. The molecular weight excluding hydrogens is 429 g/mol. The van der Waals surface area contributed by atoms with Crippen LogP contribution in [-0.2, 0) is 12.7 Å². The second-order valence-electron chi connectivity index (χ2n) is 7.44. The highest BCUT2D eigenvalue weighted by atomic mass is 19.4. The number of nitrogens with one attached hydrogen (secondary N) is 2. The van der Waals surface area contributed by atoms with Crippen molar-refractivity contribution in [3.05, 3.63) is 88.6 Å². The van der Waals surface area contributed by atoms with E-state index in [2.05, 4.69) is 15.6 Å². The number of pyridine rings is 1. The molecule has 0 atom stereocenters. The van der Waals surface area contributed by atoms with Crippen LogP contribution in [0.4, 0.5) is 33.5 Å². The first-order valence-corrected chi connectivity index (χ1v) is 9.71. The van der Waals surface area contributed by atoms with Crippen LogP contribution in [0.2, 0.25) is 0 Å². The second-order valence-corrected chi connectivity index (χ2v) is 7.44. The maximum Gasteiger partial charge on any atom is 0.419 e. The zero-order valence-electron chi connectivity index (χ0n) is 17.2. The van der Waals surface area contributed by atoms with Crippen molar-refractivity contribution in [1.82, 2.24) is 10.3 Å². The van der Waals surface area contributed by atoms with Gasteiger partial charge in [-0.15, -0.1) is 0 Å². The summed E-state index contributed by atoms with van der Waals surface area (Å²) in [7, 11) is 0. The molecule has 32 heavy (non-hydrogen) atoms. The standard InChI is InChI=1S/C23H20F5N3O/c1-13(2)17-10-21(31-16-7-8-19(20(25)9-16)23(26,27)28)29-12-18(17)22(32)30-11-14-3-5-15(24)6-4-14/h3-10,12-13H,11H2,1-2H3,(H,29,31)(H,30,32). The maximum atomic E-state index is 13.8. The van der Waals surface area contributed by atoms with Gasteiger partial charge in [0.15, 0.2) is 0 Å². The number of aromatic nitrogens is 1. The first-order chi connectivity index (χ1) is 15.0. The third-order valence-corrected chi connectivity index (χ3v) is 4.72. The third kappa shape index (κ3) is 5.60. The molecule has 1 heterocycles. The summed E-state index contributed by atoms with van der Waals surface area (Å²) in [5.41, 5.74) is 0.428. The average Bonchev–Trinajstić information content (AvgIpc) is 2.72. The molecule has 1 aromatic heterocycles. The number of hydrogen-bond acceptors (Lipinski definition) is 3. The summed E-state index contributed by atoms with van der Waals surface area (Å²) in [5, 5.41) is 5.51. The number of anilines is 2. The molecule has 0 aliphatic carbocycles. The van der Waals surface area contributed by atoms with E-state index in [0.29, 0.717) is 17.2 Å². The maximum absolute atomic E-state index is 13.8. The molecule has 0 radical (unpaired) electrons. The van der Waals surface area contributed by atoms with Gasteiger partial charge in [-0.1, -0.05) is 26.0 Å². The van der Waals surface area contributed by atoms with E-state index in [4.69, 9.17) is 0 Å². The molecule has 0 fully saturated rings. The van der Waals surface area contributed by atoms with E-state index in [1.54, 1.807) is 18.2 Å². The largest absolute Gasteiger partial charge is 0.419 e. The zero-order valence-corrected chi connectivity index (χ0v) is 17.2. The summed E-state index contributed by atoms with van der Waals surface area (Å²) in [6.07, 6.45) is -3.44. The number of amides is 1. The SMILES string of the molecule is CC(C)c1cc(Nc2ccc(C(F)(F)F)c(F)c2)ncc1C(=O)NCc1ccc(F)cc1. The quantitative estimate of drug-likeness (QED) is 0.442. The molecular formula is C23H20F5N3O. The Morgan fingerprint density at radius 3 is 2.31 bits per heavy atom. The van der Waals surface area contributed by atoms with Gasteiger partial charge in [0.2, 0.25) is 0 Å². The van der Waals surface area contributed by atoms with E-state index in [1.165, 1.54) is 18.3 Å². The minimum atomic E-state index is -4.78. The molecule has 0 saturated heterocycles. The first-order valence-electron chi connectivity index (χ1n) is 9.71. The Morgan fingerprint density at radius 2 is 1.72 bits per heavy atom. The highest BCUT2D eigenvalue weighted by Gasteiger charge is 2.33. The Balaban J connectivity index is 1.77. The van der Waals surface area contributed by atoms with E-state index < -0.39 is 17.6 Å². The number of carbonyl (C=O) groups is 1. The monoisotopic (exact) mass is 449 g/mol.